The molecule has 2 aromatic carbocycles. The summed E-state index contributed by atoms with van der Waals surface area (Å²) in [6.45, 7) is 0. The third-order valence-corrected chi connectivity index (χ3v) is 5.61. The highest BCUT2D eigenvalue weighted by Crippen LogP contribution is 2.34. The number of ketones is 1. The van der Waals surface area contributed by atoms with E-state index in [1.54, 1.807) is 10.9 Å². The molecule has 5 rings (SSSR count). The number of benzene rings is 2. The number of nitrogens with zero attached hydrogens (tertiary/aromatic N) is 4. The van der Waals surface area contributed by atoms with Crippen molar-refractivity contribution >= 4 is 39.9 Å². The average molecular weight is 407 g/mol. The Morgan fingerprint density at radius 1 is 1.24 bits per heavy atom. The van der Waals surface area contributed by atoms with Gasteiger partial charge in [0.05, 0.1) is 22.4 Å². The van der Waals surface area contributed by atoms with Gasteiger partial charge in [0.15, 0.2) is 11.6 Å². The van der Waals surface area contributed by atoms with Crippen LogP contribution in [0.25, 0.3) is 22.3 Å². The first-order chi connectivity index (χ1) is 14.1. The standard InChI is InChI=1S/C21H19ClN6O/c1-28-21(24-17-9-8-16-15(19(17)22)11-23-26-16)25-20(27-28)14-6-4-13(5-7-14)18(29)10-12-2-3-12/h4-9,11-12H,2-3,10H2,1H3,(H,23,26)(H,24,25,27). The van der Waals surface area contributed by atoms with Gasteiger partial charge in [-0.15, -0.1) is 5.10 Å². The van der Waals surface area contributed by atoms with Crippen molar-refractivity contribution in [2.45, 2.75) is 19.3 Å². The van der Waals surface area contributed by atoms with Crippen LogP contribution < -0.4 is 5.32 Å². The molecule has 2 heterocycles. The number of carbonyl (C=O) groups excluding carboxylic acids is 1. The molecular weight excluding hydrogens is 388 g/mol. The summed E-state index contributed by atoms with van der Waals surface area (Å²) in [6.07, 6.45) is 4.69. The van der Waals surface area contributed by atoms with Gasteiger partial charge in [0.2, 0.25) is 5.95 Å². The van der Waals surface area contributed by atoms with Crippen LogP contribution >= 0.6 is 11.6 Å². The Bertz CT molecular complexity index is 1210. The number of rotatable bonds is 6. The molecule has 2 aromatic heterocycles. The van der Waals surface area contributed by atoms with Crippen molar-refractivity contribution in [3.8, 4) is 11.4 Å². The van der Waals surface area contributed by atoms with Gasteiger partial charge in [-0.1, -0.05) is 35.9 Å². The van der Waals surface area contributed by atoms with Crippen molar-refractivity contribution < 1.29 is 4.79 Å². The van der Waals surface area contributed by atoms with Crippen LogP contribution in [-0.4, -0.2) is 30.7 Å². The summed E-state index contributed by atoms with van der Waals surface area (Å²) in [7, 11) is 1.82. The Kier molecular flexibility index (Phi) is 4.32. The first kappa shape index (κ1) is 17.9. The number of Topliss-reactive ketones (excluding diaryl/α,β-unsaturated/α-hetero) is 1. The molecule has 8 heteroatoms. The molecule has 1 aliphatic carbocycles. The molecule has 1 aliphatic rings. The zero-order chi connectivity index (χ0) is 20.0. The Morgan fingerprint density at radius 2 is 2.03 bits per heavy atom. The maximum atomic E-state index is 12.2. The quantitative estimate of drug-likeness (QED) is 0.451. The number of anilines is 2. The smallest absolute Gasteiger partial charge is 0.225 e. The second-order valence-electron chi connectivity index (χ2n) is 7.41. The van der Waals surface area contributed by atoms with Crippen LogP contribution in [0, 0.1) is 5.92 Å². The number of hydrogen-bond acceptors (Lipinski definition) is 5. The van der Waals surface area contributed by atoms with Crippen molar-refractivity contribution in [3.05, 3.63) is 53.2 Å². The summed E-state index contributed by atoms with van der Waals surface area (Å²) < 4.78 is 1.66. The van der Waals surface area contributed by atoms with Gasteiger partial charge in [0, 0.05) is 30.0 Å². The molecule has 2 N–H and O–H groups in total. The Labute approximate surface area is 172 Å². The highest BCUT2D eigenvalue weighted by atomic mass is 35.5. The average Bonchev–Trinajstić information content (AvgIpc) is 3.27. The molecule has 1 fully saturated rings. The van der Waals surface area contributed by atoms with E-state index < -0.39 is 0 Å². The van der Waals surface area contributed by atoms with Crippen LogP contribution in [0.15, 0.2) is 42.6 Å². The van der Waals surface area contributed by atoms with Gasteiger partial charge in [-0.2, -0.15) is 10.1 Å². The van der Waals surface area contributed by atoms with Gasteiger partial charge in [-0.05, 0) is 30.9 Å². The number of halogens is 1. The topological polar surface area (TPSA) is 88.5 Å². The molecule has 7 nitrogen and oxygen atoms in total. The Balaban J connectivity index is 1.38. The highest BCUT2D eigenvalue weighted by molar-refractivity contribution is 6.38. The zero-order valence-electron chi connectivity index (χ0n) is 15.8. The maximum Gasteiger partial charge on any atom is 0.225 e. The molecule has 146 valence electrons. The third kappa shape index (κ3) is 3.49. The van der Waals surface area contributed by atoms with E-state index in [9.17, 15) is 4.79 Å². The largest absolute Gasteiger partial charge is 0.323 e. The van der Waals surface area contributed by atoms with Gasteiger partial charge in [-0.25, -0.2) is 4.68 Å². The predicted octanol–water partition coefficient (Wildman–Crippen LogP) is 4.74. The first-order valence-corrected chi connectivity index (χ1v) is 9.89. The molecule has 0 aliphatic heterocycles. The Morgan fingerprint density at radius 3 is 2.79 bits per heavy atom. The summed E-state index contributed by atoms with van der Waals surface area (Å²) in [5.41, 5.74) is 3.20. The molecule has 0 atom stereocenters. The lowest BCUT2D eigenvalue weighted by atomic mass is 10.0. The molecule has 0 unspecified atom stereocenters. The number of hydrogen-bond donors (Lipinski definition) is 2. The molecule has 0 bridgehead atoms. The van der Waals surface area contributed by atoms with E-state index in [2.05, 4.69) is 25.6 Å². The maximum absolute atomic E-state index is 12.2. The van der Waals surface area contributed by atoms with Crippen LogP contribution in [0.3, 0.4) is 0 Å². The fraction of sp³-hybridized carbons (Fsp3) is 0.238. The van der Waals surface area contributed by atoms with Gasteiger partial charge in [0.1, 0.15) is 0 Å². The molecular formula is C21H19ClN6O. The van der Waals surface area contributed by atoms with E-state index >= 15 is 0 Å². The first-order valence-electron chi connectivity index (χ1n) is 9.52. The number of carbonyl (C=O) groups is 1. The van der Waals surface area contributed by atoms with Crippen LogP contribution in [0.5, 0.6) is 0 Å². The van der Waals surface area contributed by atoms with E-state index in [4.69, 9.17) is 11.6 Å². The monoisotopic (exact) mass is 406 g/mol. The second kappa shape index (κ2) is 7.00. The van der Waals surface area contributed by atoms with Gasteiger partial charge in [-0.3, -0.25) is 9.89 Å². The fourth-order valence-electron chi connectivity index (χ4n) is 3.32. The highest BCUT2D eigenvalue weighted by Gasteiger charge is 2.25. The minimum Gasteiger partial charge on any atom is -0.323 e. The number of aromatic nitrogens is 5. The number of fused-ring (bicyclic) bond motifs is 1. The lowest BCUT2D eigenvalue weighted by Crippen LogP contribution is -2.00. The number of nitrogens with one attached hydrogen (secondary N) is 2. The summed E-state index contributed by atoms with van der Waals surface area (Å²) in [4.78, 5) is 16.8. The number of aryl methyl sites for hydroxylation is 1. The van der Waals surface area contributed by atoms with Crippen molar-refractivity contribution in [2.24, 2.45) is 13.0 Å². The lowest BCUT2D eigenvalue weighted by molar-refractivity contribution is 0.0976. The number of aromatic amines is 1. The van der Waals surface area contributed by atoms with E-state index in [1.165, 1.54) is 12.8 Å². The molecule has 4 aromatic rings. The van der Waals surface area contributed by atoms with Crippen molar-refractivity contribution in [3.63, 3.8) is 0 Å². The predicted molar refractivity (Wildman–Crippen MR) is 112 cm³/mol. The normalized spacial score (nSPS) is 13.7. The third-order valence-electron chi connectivity index (χ3n) is 5.20. The number of H-pyrrole nitrogens is 1. The van der Waals surface area contributed by atoms with Gasteiger partial charge >= 0.3 is 0 Å². The van der Waals surface area contributed by atoms with E-state index in [1.807, 2.05) is 43.4 Å². The zero-order valence-corrected chi connectivity index (χ0v) is 16.6. The van der Waals surface area contributed by atoms with Crippen LogP contribution in [0.1, 0.15) is 29.6 Å². The van der Waals surface area contributed by atoms with Crippen molar-refractivity contribution in [1.29, 1.82) is 0 Å². The molecule has 0 spiro atoms. The van der Waals surface area contributed by atoms with Crippen molar-refractivity contribution in [1.82, 2.24) is 25.0 Å². The molecule has 1 saturated carbocycles. The molecule has 0 radical (unpaired) electrons. The van der Waals surface area contributed by atoms with E-state index in [0.29, 0.717) is 29.1 Å². The molecule has 0 saturated heterocycles. The van der Waals surface area contributed by atoms with Crippen molar-refractivity contribution in [2.75, 3.05) is 5.32 Å². The van der Waals surface area contributed by atoms with Crippen LogP contribution in [-0.2, 0) is 7.05 Å². The summed E-state index contributed by atoms with van der Waals surface area (Å²) in [5, 5.41) is 16.0. The molecule has 29 heavy (non-hydrogen) atoms. The van der Waals surface area contributed by atoms with Gasteiger partial charge < -0.3 is 5.32 Å². The minimum atomic E-state index is 0.208. The van der Waals surface area contributed by atoms with Crippen LogP contribution in [0.2, 0.25) is 5.02 Å². The second-order valence-corrected chi connectivity index (χ2v) is 7.79. The van der Waals surface area contributed by atoms with E-state index in [0.717, 1.165) is 27.7 Å². The Hall–Kier alpha value is -3.19. The SMILES string of the molecule is Cn1nc(-c2ccc(C(=O)CC3CC3)cc2)nc1Nc1ccc2[nH]ncc2c1Cl. The minimum absolute atomic E-state index is 0.208. The van der Waals surface area contributed by atoms with E-state index in [-0.39, 0.29) is 5.78 Å². The fourth-order valence-corrected chi connectivity index (χ4v) is 3.58. The lowest BCUT2D eigenvalue weighted by Gasteiger charge is -2.07. The van der Waals surface area contributed by atoms with Gasteiger partial charge in [0.25, 0.3) is 0 Å². The molecule has 0 amide bonds. The van der Waals surface area contributed by atoms with Crippen LogP contribution in [0.4, 0.5) is 11.6 Å². The summed E-state index contributed by atoms with van der Waals surface area (Å²) >= 11 is 6.48. The summed E-state index contributed by atoms with van der Waals surface area (Å²) in [5.74, 6) is 1.94. The summed E-state index contributed by atoms with van der Waals surface area (Å²) in [6, 6.07) is 11.3.